The maximum Gasteiger partial charge on any atom is 0.240 e. The summed E-state index contributed by atoms with van der Waals surface area (Å²) in [4.78, 5) is 13.4. The van der Waals surface area contributed by atoms with E-state index in [4.69, 9.17) is 4.52 Å². The van der Waals surface area contributed by atoms with Crippen molar-refractivity contribution in [1.82, 2.24) is 5.16 Å². The quantitative estimate of drug-likeness (QED) is 0.557. The topological polar surface area (TPSA) is 55.5 Å². The molecule has 4 nitrogen and oxygen atoms in total. The molecule has 0 fully saturated rings. The first-order chi connectivity index (χ1) is 7.33. The summed E-state index contributed by atoms with van der Waals surface area (Å²) in [6, 6.07) is 6.00. The van der Waals surface area contributed by atoms with Gasteiger partial charge >= 0.3 is 0 Å². The van der Waals surface area contributed by atoms with Crippen LogP contribution < -0.4 is 0 Å². The molecule has 2 rings (SSSR count). The van der Waals surface area contributed by atoms with Gasteiger partial charge in [0, 0.05) is 0 Å². The predicted octanol–water partition coefficient (Wildman–Crippen LogP) is 2.45. The van der Waals surface area contributed by atoms with Crippen LogP contribution in [0, 0.1) is 5.82 Å². The van der Waals surface area contributed by atoms with E-state index < -0.39 is 5.82 Å². The second-order valence-corrected chi connectivity index (χ2v) is 2.72. The molecule has 2 aromatic rings. The minimum atomic E-state index is -0.461. The molecule has 0 bridgehead atoms. The van der Waals surface area contributed by atoms with Crippen molar-refractivity contribution in [2.24, 2.45) is 4.99 Å². The molecule has 5 heteroatoms. The molecule has 74 valence electrons. The minimum absolute atomic E-state index is 0.122. The van der Waals surface area contributed by atoms with Gasteiger partial charge in [0.15, 0.2) is 5.76 Å². The van der Waals surface area contributed by atoms with Crippen LogP contribution in [0.5, 0.6) is 0 Å². The highest BCUT2D eigenvalue weighted by atomic mass is 19.1. The van der Waals surface area contributed by atoms with Gasteiger partial charge in [0.25, 0.3) is 0 Å². The van der Waals surface area contributed by atoms with E-state index in [1.165, 1.54) is 24.4 Å². The lowest BCUT2D eigenvalue weighted by atomic mass is 10.1. The van der Waals surface area contributed by atoms with E-state index in [9.17, 15) is 9.18 Å². The van der Waals surface area contributed by atoms with Gasteiger partial charge in [-0.15, -0.1) is 0 Å². The van der Waals surface area contributed by atoms with Crippen LogP contribution in [0.4, 0.5) is 10.1 Å². The SMILES string of the molecule is O=C=Nc1cnoc1-c1ccccc1F. The van der Waals surface area contributed by atoms with E-state index in [-0.39, 0.29) is 17.0 Å². The Morgan fingerprint density at radius 2 is 2.20 bits per heavy atom. The Morgan fingerprint density at radius 3 is 2.93 bits per heavy atom. The number of nitrogens with zero attached hydrogens (tertiary/aromatic N) is 2. The van der Waals surface area contributed by atoms with Crippen LogP contribution in [-0.4, -0.2) is 11.2 Å². The molecule has 0 amide bonds. The molecular weight excluding hydrogens is 199 g/mol. The maximum atomic E-state index is 13.3. The third-order valence-corrected chi connectivity index (χ3v) is 1.84. The summed E-state index contributed by atoms with van der Waals surface area (Å²) in [5.74, 6) is -0.340. The first-order valence-electron chi connectivity index (χ1n) is 4.10. The number of hydrogen-bond donors (Lipinski definition) is 0. The van der Waals surface area contributed by atoms with Crippen molar-refractivity contribution in [3.05, 3.63) is 36.3 Å². The molecule has 0 aliphatic rings. The zero-order valence-electron chi connectivity index (χ0n) is 7.48. The summed E-state index contributed by atoms with van der Waals surface area (Å²) >= 11 is 0. The fraction of sp³-hybridized carbons (Fsp3) is 0. The van der Waals surface area contributed by atoms with E-state index in [0.717, 1.165) is 0 Å². The van der Waals surface area contributed by atoms with Gasteiger partial charge in [-0.3, -0.25) is 0 Å². The average Bonchev–Trinajstić information content (AvgIpc) is 2.67. The van der Waals surface area contributed by atoms with Crippen molar-refractivity contribution in [1.29, 1.82) is 0 Å². The minimum Gasteiger partial charge on any atom is -0.354 e. The van der Waals surface area contributed by atoms with Gasteiger partial charge in [0.1, 0.15) is 11.5 Å². The molecule has 0 radical (unpaired) electrons. The largest absolute Gasteiger partial charge is 0.354 e. The Morgan fingerprint density at radius 1 is 1.40 bits per heavy atom. The number of halogens is 1. The monoisotopic (exact) mass is 204 g/mol. The van der Waals surface area contributed by atoms with Crippen molar-refractivity contribution in [3.63, 3.8) is 0 Å². The summed E-state index contributed by atoms with van der Waals surface area (Å²) in [6.45, 7) is 0. The van der Waals surface area contributed by atoms with E-state index in [1.54, 1.807) is 12.1 Å². The zero-order valence-corrected chi connectivity index (χ0v) is 7.48. The number of aliphatic imine (C=N–C) groups is 1. The van der Waals surface area contributed by atoms with E-state index >= 15 is 0 Å². The third kappa shape index (κ3) is 1.68. The van der Waals surface area contributed by atoms with Gasteiger partial charge in [0.05, 0.1) is 11.8 Å². The van der Waals surface area contributed by atoms with Crippen LogP contribution in [-0.2, 0) is 4.79 Å². The lowest BCUT2D eigenvalue weighted by molar-refractivity contribution is 0.430. The first kappa shape index (κ1) is 9.30. The van der Waals surface area contributed by atoms with Gasteiger partial charge in [-0.25, -0.2) is 9.18 Å². The molecule has 0 spiro atoms. The molecule has 0 N–H and O–H groups in total. The number of aromatic nitrogens is 1. The summed E-state index contributed by atoms with van der Waals surface area (Å²) < 4.78 is 18.2. The maximum absolute atomic E-state index is 13.3. The zero-order chi connectivity index (χ0) is 10.7. The Hall–Kier alpha value is -2.26. The molecular formula is C10H5FN2O2. The van der Waals surface area contributed by atoms with Gasteiger partial charge in [0.2, 0.25) is 6.08 Å². The molecule has 0 atom stereocenters. The number of carbonyl (C=O) groups excluding carboxylic acids is 1. The molecule has 1 aromatic heterocycles. The van der Waals surface area contributed by atoms with Crippen LogP contribution >= 0.6 is 0 Å². The van der Waals surface area contributed by atoms with Gasteiger partial charge in [-0.1, -0.05) is 17.3 Å². The van der Waals surface area contributed by atoms with Gasteiger partial charge in [-0.2, -0.15) is 4.99 Å². The van der Waals surface area contributed by atoms with Crippen LogP contribution in [0.1, 0.15) is 0 Å². The van der Waals surface area contributed by atoms with Crippen LogP contribution in [0.15, 0.2) is 40.0 Å². The van der Waals surface area contributed by atoms with E-state index in [1.807, 2.05) is 0 Å². The number of isocyanates is 1. The second-order valence-electron chi connectivity index (χ2n) is 2.72. The summed E-state index contributed by atoms with van der Waals surface area (Å²) in [5, 5.41) is 3.44. The lowest BCUT2D eigenvalue weighted by Gasteiger charge is -1.97. The molecule has 1 heterocycles. The molecule has 0 aliphatic heterocycles. The van der Waals surface area contributed by atoms with Crippen molar-refractivity contribution in [2.75, 3.05) is 0 Å². The highest BCUT2D eigenvalue weighted by Gasteiger charge is 2.13. The normalized spacial score (nSPS) is 9.67. The Kier molecular flexibility index (Phi) is 2.39. The molecule has 1 aromatic carbocycles. The fourth-order valence-corrected chi connectivity index (χ4v) is 1.20. The average molecular weight is 204 g/mol. The van der Waals surface area contributed by atoms with Crippen LogP contribution in [0.2, 0.25) is 0 Å². The summed E-state index contributed by atoms with van der Waals surface area (Å²) in [6.07, 6.45) is 2.58. The second kappa shape index (κ2) is 3.86. The Labute approximate surface area is 84.0 Å². The Bertz CT molecular complexity index is 530. The van der Waals surface area contributed by atoms with E-state index in [0.29, 0.717) is 0 Å². The van der Waals surface area contributed by atoms with Crippen LogP contribution in [0.25, 0.3) is 11.3 Å². The number of benzene rings is 1. The van der Waals surface area contributed by atoms with Crippen molar-refractivity contribution in [2.45, 2.75) is 0 Å². The molecule has 0 saturated carbocycles. The van der Waals surface area contributed by atoms with Gasteiger partial charge in [-0.05, 0) is 12.1 Å². The van der Waals surface area contributed by atoms with Crippen molar-refractivity contribution >= 4 is 11.8 Å². The highest BCUT2D eigenvalue weighted by Crippen LogP contribution is 2.31. The van der Waals surface area contributed by atoms with Crippen molar-refractivity contribution in [3.8, 4) is 11.3 Å². The fourth-order valence-electron chi connectivity index (χ4n) is 1.20. The van der Waals surface area contributed by atoms with Crippen LogP contribution in [0.3, 0.4) is 0 Å². The molecule has 15 heavy (non-hydrogen) atoms. The summed E-state index contributed by atoms with van der Waals surface area (Å²) in [5.41, 5.74) is 0.374. The van der Waals surface area contributed by atoms with Crippen molar-refractivity contribution < 1.29 is 13.7 Å². The van der Waals surface area contributed by atoms with E-state index in [2.05, 4.69) is 10.1 Å². The summed E-state index contributed by atoms with van der Waals surface area (Å²) in [7, 11) is 0. The standard InChI is InChI=1S/C10H5FN2O2/c11-8-4-2-1-3-7(8)10-9(12-6-14)5-13-15-10/h1-5H. The highest BCUT2D eigenvalue weighted by molar-refractivity contribution is 5.71. The molecule has 0 aliphatic carbocycles. The Balaban J connectivity index is 2.59. The first-order valence-corrected chi connectivity index (χ1v) is 4.10. The molecule has 0 saturated heterocycles. The molecule has 0 unspecified atom stereocenters. The third-order valence-electron chi connectivity index (χ3n) is 1.84. The predicted molar refractivity (Wildman–Crippen MR) is 49.7 cm³/mol. The number of rotatable bonds is 2. The lowest BCUT2D eigenvalue weighted by Crippen LogP contribution is -1.80. The van der Waals surface area contributed by atoms with Gasteiger partial charge < -0.3 is 4.52 Å². The smallest absolute Gasteiger partial charge is 0.240 e. The number of hydrogen-bond acceptors (Lipinski definition) is 4.